The van der Waals surface area contributed by atoms with E-state index in [9.17, 15) is 4.79 Å². The number of halogens is 1. The smallest absolute Gasteiger partial charge is 0.234 e. The zero-order chi connectivity index (χ0) is 14.4. The van der Waals surface area contributed by atoms with E-state index in [1.54, 1.807) is 12.1 Å². The molecule has 0 radical (unpaired) electrons. The normalized spacial score (nSPS) is 10.3. The fourth-order valence-corrected chi connectivity index (χ4v) is 2.59. The van der Waals surface area contributed by atoms with E-state index in [-0.39, 0.29) is 12.5 Å². The molecule has 0 aliphatic rings. The van der Waals surface area contributed by atoms with E-state index >= 15 is 0 Å². The van der Waals surface area contributed by atoms with Crippen molar-refractivity contribution in [2.45, 2.75) is 11.5 Å². The van der Waals surface area contributed by atoms with Gasteiger partial charge in [-0.1, -0.05) is 35.9 Å². The highest BCUT2D eigenvalue weighted by atomic mass is 35.5. The van der Waals surface area contributed by atoms with Gasteiger partial charge in [-0.15, -0.1) is 11.8 Å². The Kier molecular flexibility index (Phi) is 5.47. The van der Waals surface area contributed by atoms with Crippen LogP contribution in [0.15, 0.2) is 53.4 Å². The maximum Gasteiger partial charge on any atom is 0.234 e. The first kappa shape index (κ1) is 14.9. The number of thioether (sulfide) groups is 1. The van der Waals surface area contributed by atoms with Crippen LogP contribution >= 0.6 is 23.4 Å². The van der Waals surface area contributed by atoms with Crippen LogP contribution in [-0.4, -0.2) is 16.8 Å². The molecule has 0 bridgehead atoms. The number of aliphatic hydroxyl groups is 1. The molecule has 2 N–H and O–H groups in total. The Labute approximate surface area is 127 Å². The summed E-state index contributed by atoms with van der Waals surface area (Å²) < 4.78 is 0. The molecule has 0 aliphatic heterocycles. The predicted molar refractivity (Wildman–Crippen MR) is 83.2 cm³/mol. The second-order valence-corrected chi connectivity index (χ2v) is 5.58. The lowest BCUT2D eigenvalue weighted by Crippen LogP contribution is -2.14. The van der Waals surface area contributed by atoms with Crippen LogP contribution in [0.1, 0.15) is 5.56 Å². The molecule has 0 heterocycles. The van der Waals surface area contributed by atoms with Crippen LogP contribution in [0.2, 0.25) is 5.02 Å². The van der Waals surface area contributed by atoms with E-state index < -0.39 is 0 Å². The number of benzene rings is 2. The molecule has 104 valence electrons. The van der Waals surface area contributed by atoms with Crippen molar-refractivity contribution in [3.05, 3.63) is 59.1 Å². The number of hydrogen-bond donors (Lipinski definition) is 2. The minimum absolute atomic E-state index is 0.000218. The van der Waals surface area contributed by atoms with Crippen molar-refractivity contribution in [2.75, 3.05) is 11.1 Å². The topological polar surface area (TPSA) is 49.3 Å². The number of aliphatic hydroxyl groups excluding tert-OH is 1. The lowest BCUT2D eigenvalue weighted by atomic mass is 10.2. The van der Waals surface area contributed by atoms with Crippen molar-refractivity contribution in [1.82, 2.24) is 0 Å². The largest absolute Gasteiger partial charge is 0.392 e. The number of carbonyl (C=O) groups is 1. The van der Waals surface area contributed by atoms with E-state index in [2.05, 4.69) is 5.32 Å². The fraction of sp³-hybridized carbons (Fsp3) is 0.133. The van der Waals surface area contributed by atoms with Gasteiger partial charge in [0.15, 0.2) is 0 Å². The molecule has 0 atom stereocenters. The van der Waals surface area contributed by atoms with Gasteiger partial charge in [0.2, 0.25) is 5.91 Å². The average Bonchev–Trinajstić information content (AvgIpc) is 2.48. The van der Waals surface area contributed by atoms with Crippen LogP contribution in [0.3, 0.4) is 0 Å². The Morgan fingerprint density at radius 3 is 2.75 bits per heavy atom. The summed E-state index contributed by atoms with van der Waals surface area (Å²) in [5.74, 6) is 0.178. The molecular formula is C15H14ClNO2S. The molecule has 5 heteroatoms. The first-order valence-corrected chi connectivity index (χ1v) is 7.42. The Balaban J connectivity index is 1.90. The standard InChI is InChI=1S/C15H14ClNO2S/c16-13-6-1-2-7-14(13)17-15(19)10-20-12-5-3-4-11(8-12)9-18/h1-8,18H,9-10H2,(H,17,19). The third-order valence-corrected chi connectivity index (χ3v) is 3.92. The molecule has 0 saturated heterocycles. The van der Waals surface area contributed by atoms with Crippen molar-refractivity contribution < 1.29 is 9.90 Å². The monoisotopic (exact) mass is 307 g/mol. The third kappa shape index (κ3) is 4.27. The minimum atomic E-state index is -0.113. The Bertz CT molecular complexity index is 604. The summed E-state index contributed by atoms with van der Waals surface area (Å²) in [5, 5.41) is 12.4. The molecule has 3 nitrogen and oxygen atoms in total. The molecule has 0 aliphatic carbocycles. The summed E-state index contributed by atoms with van der Waals surface area (Å²) in [5.41, 5.74) is 1.45. The van der Waals surface area contributed by atoms with Gasteiger partial charge in [-0.3, -0.25) is 4.79 Å². The summed E-state index contributed by atoms with van der Waals surface area (Å²) in [6.45, 7) is 0.000218. The Morgan fingerprint density at radius 2 is 2.00 bits per heavy atom. The molecule has 0 spiro atoms. The number of hydrogen-bond acceptors (Lipinski definition) is 3. The van der Waals surface area contributed by atoms with Crippen molar-refractivity contribution >= 4 is 35.0 Å². The number of rotatable bonds is 5. The summed E-state index contributed by atoms with van der Waals surface area (Å²) in [7, 11) is 0. The molecule has 1 amide bonds. The lowest BCUT2D eigenvalue weighted by Gasteiger charge is -2.07. The quantitative estimate of drug-likeness (QED) is 0.830. The second kappa shape index (κ2) is 7.33. The molecule has 0 unspecified atom stereocenters. The van der Waals surface area contributed by atoms with Gasteiger partial charge in [-0.2, -0.15) is 0 Å². The first-order valence-electron chi connectivity index (χ1n) is 6.06. The number of para-hydroxylation sites is 1. The van der Waals surface area contributed by atoms with Gasteiger partial charge in [0, 0.05) is 4.90 Å². The van der Waals surface area contributed by atoms with Gasteiger partial charge in [0.1, 0.15) is 0 Å². The van der Waals surface area contributed by atoms with Gasteiger partial charge in [0.05, 0.1) is 23.1 Å². The first-order chi connectivity index (χ1) is 9.69. The Hall–Kier alpha value is -1.49. The lowest BCUT2D eigenvalue weighted by molar-refractivity contribution is -0.113. The molecule has 0 fully saturated rings. The summed E-state index contributed by atoms with van der Waals surface area (Å²) in [6, 6.07) is 14.6. The third-order valence-electron chi connectivity index (χ3n) is 2.60. The molecule has 2 rings (SSSR count). The Morgan fingerprint density at radius 1 is 1.20 bits per heavy atom. The van der Waals surface area contributed by atoms with Crippen LogP contribution in [0.25, 0.3) is 0 Å². The summed E-state index contributed by atoms with van der Waals surface area (Å²) in [4.78, 5) is 12.8. The van der Waals surface area contributed by atoms with Gasteiger partial charge >= 0.3 is 0 Å². The molecule has 0 aromatic heterocycles. The van der Waals surface area contributed by atoms with Crippen molar-refractivity contribution in [2.24, 2.45) is 0 Å². The minimum Gasteiger partial charge on any atom is -0.392 e. The van der Waals surface area contributed by atoms with Crippen molar-refractivity contribution in [3.63, 3.8) is 0 Å². The second-order valence-electron chi connectivity index (χ2n) is 4.12. The zero-order valence-corrected chi connectivity index (χ0v) is 12.2. The van der Waals surface area contributed by atoms with Crippen LogP contribution in [-0.2, 0) is 11.4 Å². The van der Waals surface area contributed by atoms with Crippen molar-refractivity contribution in [3.8, 4) is 0 Å². The van der Waals surface area contributed by atoms with E-state index in [1.807, 2.05) is 36.4 Å². The van der Waals surface area contributed by atoms with Crippen molar-refractivity contribution in [1.29, 1.82) is 0 Å². The molecule has 0 saturated carbocycles. The number of amides is 1. The molecule has 2 aromatic carbocycles. The van der Waals surface area contributed by atoms with E-state index in [0.29, 0.717) is 16.5 Å². The molecule has 20 heavy (non-hydrogen) atoms. The number of anilines is 1. The highest BCUT2D eigenvalue weighted by molar-refractivity contribution is 8.00. The van der Waals surface area contributed by atoms with Gasteiger partial charge < -0.3 is 10.4 Å². The van der Waals surface area contributed by atoms with Gasteiger partial charge in [-0.05, 0) is 29.8 Å². The highest BCUT2D eigenvalue weighted by Crippen LogP contribution is 2.22. The number of nitrogens with one attached hydrogen (secondary N) is 1. The number of carbonyl (C=O) groups excluding carboxylic acids is 1. The summed E-state index contributed by atoms with van der Waals surface area (Å²) >= 11 is 7.39. The van der Waals surface area contributed by atoms with E-state index in [4.69, 9.17) is 16.7 Å². The van der Waals surface area contributed by atoms with Crippen LogP contribution < -0.4 is 5.32 Å². The predicted octanol–water partition coefficient (Wildman–Crippen LogP) is 3.56. The van der Waals surface area contributed by atoms with E-state index in [1.165, 1.54) is 11.8 Å². The molecular weight excluding hydrogens is 294 g/mol. The summed E-state index contributed by atoms with van der Waals surface area (Å²) in [6.07, 6.45) is 0. The van der Waals surface area contributed by atoms with Crippen LogP contribution in [0, 0.1) is 0 Å². The van der Waals surface area contributed by atoms with Gasteiger partial charge in [0.25, 0.3) is 0 Å². The van der Waals surface area contributed by atoms with Crippen LogP contribution in [0.5, 0.6) is 0 Å². The van der Waals surface area contributed by atoms with Crippen LogP contribution in [0.4, 0.5) is 5.69 Å². The highest BCUT2D eigenvalue weighted by Gasteiger charge is 2.06. The average molecular weight is 308 g/mol. The molecule has 2 aromatic rings. The van der Waals surface area contributed by atoms with E-state index in [0.717, 1.165) is 10.5 Å². The fourth-order valence-electron chi connectivity index (χ4n) is 1.63. The maximum atomic E-state index is 11.9. The zero-order valence-electron chi connectivity index (χ0n) is 10.7. The SMILES string of the molecule is O=C(CSc1cccc(CO)c1)Nc1ccccc1Cl. The maximum absolute atomic E-state index is 11.9. The van der Waals surface area contributed by atoms with Gasteiger partial charge in [-0.25, -0.2) is 0 Å².